The number of carbonyl (C=O) groups is 1. The van der Waals surface area contributed by atoms with Crippen LogP contribution in [-0.2, 0) is 9.53 Å². The van der Waals surface area contributed by atoms with Crippen LogP contribution in [0.25, 0.3) is 0 Å². The van der Waals surface area contributed by atoms with Crippen molar-refractivity contribution in [3.8, 4) is 0 Å². The molecule has 174 valence electrons. The Balaban J connectivity index is 1.29. The van der Waals surface area contributed by atoms with Gasteiger partial charge < -0.3 is 4.74 Å². The number of hydrogen-bond acceptors (Lipinski definition) is 4. The third kappa shape index (κ3) is 3.38. The molecule has 0 saturated heterocycles. The largest absolute Gasteiger partial charge is 0.462 e. The molecule has 0 N–H and O–H groups in total. The number of rotatable bonds is 1. The van der Waals surface area contributed by atoms with Crippen LogP contribution in [0.4, 0.5) is 5.69 Å². The zero-order chi connectivity index (χ0) is 23.0. The van der Waals surface area contributed by atoms with E-state index >= 15 is 0 Å². The van der Waals surface area contributed by atoms with Crippen LogP contribution in [0.15, 0.2) is 50.2 Å². The van der Waals surface area contributed by atoms with Crippen molar-refractivity contribution in [2.24, 2.45) is 33.6 Å². The Bertz CT molecular complexity index is 1120. The molecule has 5 aliphatic rings. The quantitative estimate of drug-likeness (QED) is 0.302. The summed E-state index contributed by atoms with van der Waals surface area (Å²) in [5.41, 5.74) is 4.48. The molecule has 5 heteroatoms. The van der Waals surface area contributed by atoms with Crippen molar-refractivity contribution >= 4 is 41.2 Å². The Labute approximate surface area is 206 Å². The van der Waals surface area contributed by atoms with Gasteiger partial charge in [-0.1, -0.05) is 48.9 Å². The number of allylic oxidation sites excluding steroid dienone is 3. The van der Waals surface area contributed by atoms with Crippen LogP contribution in [0, 0.1) is 28.6 Å². The summed E-state index contributed by atoms with van der Waals surface area (Å²) in [6.45, 7) is 6.56. The average molecular weight is 482 g/mol. The van der Waals surface area contributed by atoms with Gasteiger partial charge in [0.2, 0.25) is 0 Å². The van der Waals surface area contributed by atoms with E-state index < -0.39 is 0 Å². The topological polar surface area (TPSA) is 38.7 Å². The van der Waals surface area contributed by atoms with Gasteiger partial charge in [0.15, 0.2) is 0 Å². The van der Waals surface area contributed by atoms with E-state index in [2.05, 4.69) is 32.2 Å². The van der Waals surface area contributed by atoms with E-state index in [1.165, 1.54) is 30.2 Å². The third-order valence-corrected chi connectivity index (χ3v) is 11.3. The number of carbonyl (C=O) groups excluding carboxylic acids is 1. The third-order valence-electron chi connectivity index (χ3n) is 9.52. The summed E-state index contributed by atoms with van der Waals surface area (Å²) in [6.07, 6.45) is 12.6. The van der Waals surface area contributed by atoms with Crippen molar-refractivity contribution in [2.75, 3.05) is 0 Å². The van der Waals surface area contributed by atoms with Gasteiger partial charge in [0.25, 0.3) is 0 Å². The summed E-state index contributed by atoms with van der Waals surface area (Å²) in [6, 6.07) is 6.11. The Morgan fingerprint density at radius 1 is 1.15 bits per heavy atom. The second-order valence-electron chi connectivity index (χ2n) is 11.2. The summed E-state index contributed by atoms with van der Waals surface area (Å²) in [7, 11) is 0. The van der Waals surface area contributed by atoms with E-state index in [-0.39, 0.29) is 22.9 Å². The van der Waals surface area contributed by atoms with Crippen LogP contribution in [0.5, 0.6) is 0 Å². The fraction of sp³-hybridized carbons (Fsp3) is 0.571. The predicted molar refractivity (Wildman–Crippen MR) is 135 cm³/mol. The maximum Gasteiger partial charge on any atom is 0.302 e. The molecular formula is C28H32ClNO2S. The fourth-order valence-corrected chi connectivity index (χ4v) is 9.36. The summed E-state index contributed by atoms with van der Waals surface area (Å²) < 4.78 is 5.61. The lowest BCUT2D eigenvalue weighted by atomic mass is 9.48. The molecule has 1 aromatic carbocycles. The van der Waals surface area contributed by atoms with E-state index in [1.54, 1.807) is 10.5 Å². The van der Waals surface area contributed by atoms with Crippen molar-refractivity contribution in [3.05, 3.63) is 45.3 Å². The van der Waals surface area contributed by atoms with Gasteiger partial charge >= 0.3 is 5.97 Å². The van der Waals surface area contributed by atoms with Gasteiger partial charge in [0.05, 0.1) is 5.69 Å². The molecule has 1 aliphatic heterocycles. The zero-order valence-electron chi connectivity index (χ0n) is 19.7. The minimum atomic E-state index is -0.145. The number of hydrogen-bond donors (Lipinski definition) is 0. The lowest BCUT2D eigenvalue weighted by Gasteiger charge is -2.57. The van der Waals surface area contributed by atoms with E-state index in [0.717, 1.165) is 48.7 Å². The molecule has 1 heterocycles. The van der Waals surface area contributed by atoms with Crippen molar-refractivity contribution in [1.29, 1.82) is 0 Å². The van der Waals surface area contributed by atoms with Gasteiger partial charge in [-0.25, -0.2) is 0 Å². The molecule has 3 nitrogen and oxygen atoms in total. The Kier molecular flexibility index (Phi) is 5.16. The highest BCUT2D eigenvalue weighted by Crippen LogP contribution is 2.68. The van der Waals surface area contributed by atoms with E-state index in [0.29, 0.717) is 11.8 Å². The number of fused-ring (bicyclic) bond motifs is 7. The molecule has 1 aromatic rings. The monoisotopic (exact) mass is 481 g/mol. The van der Waals surface area contributed by atoms with E-state index in [4.69, 9.17) is 21.3 Å². The van der Waals surface area contributed by atoms with Crippen LogP contribution in [-0.4, -0.2) is 18.3 Å². The molecule has 0 radical (unpaired) electrons. The maximum absolute atomic E-state index is 11.5. The fourth-order valence-electron chi connectivity index (χ4n) is 7.87. The van der Waals surface area contributed by atoms with Gasteiger partial charge in [-0.15, -0.1) is 0 Å². The van der Waals surface area contributed by atoms with Crippen LogP contribution < -0.4 is 0 Å². The molecular weight excluding hydrogens is 450 g/mol. The van der Waals surface area contributed by atoms with Crippen LogP contribution >= 0.6 is 23.4 Å². The summed E-state index contributed by atoms with van der Waals surface area (Å²) >= 11 is 8.18. The number of ether oxygens (including phenoxy) is 1. The Morgan fingerprint density at radius 2 is 1.97 bits per heavy atom. The lowest BCUT2D eigenvalue weighted by Crippen LogP contribution is -2.50. The SMILES string of the molecule is CC(=O)O[C@H]1CC[C@@]2(C)C(=CC[C@@H]3[C@@H]2CC[C@]2(C)C4=C(C=Nc5cc(Cl)ccc5S4)C[C@@H]32)C1. The second-order valence-corrected chi connectivity index (χ2v) is 12.7. The number of thioether (sulfide) groups is 1. The predicted octanol–water partition coefficient (Wildman–Crippen LogP) is 7.91. The summed E-state index contributed by atoms with van der Waals surface area (Å²) in [4.78, 5) is 19.1. The van der Waals surface area contributed by atoms with Crippen LogP contribution in [0.2, 0.25) is 5.02 Å². The van der Waals surface area contributed by atoms with Crippen LogP contribution in [0.1, 0.15) is 65.7 Å². The number of halogens is 1. The molecule has 2 fully saturated rings. The highest BCUT2D eigenvalue weighted by atomic mass is 35.5. The van der Waals surface area contributed by atoms with Gasteiger partial charge in [0.1, 0.15) is 6.10 Å². The van der Waals surface area contributed by atoms with Gasteiger partial charge in [-0.3, -0.25) is 9.79 Å². The molecule has 0 amide bonds. The second kappa shape index (κ2) is 7.75. The molecule has 4 aliphatic carbocycles. The van der Waals surface area contributed by atoms with Crippen molar-refractivity contribution in [2.45, 2.75) is 76.7 Å². The minimum Gasteiger partial charge on any atom is -0.462 e. The highest BCUT2D eigenvalue weighted by Gasteiger charge is 2.58. The molecule has 0 spiro atoms. The van der Waals surface area contributed by atoms with Crippen LogP contribution in [0.3, 0.4) is 0 Å². The number of esters is 1. The molecule has 33 heavy (non-hydrogen) atoms. The first-order chi connectivity index (χ1) is 15.8. The molecule has 0 aromatic heterocycles. The smallest absolute Gasteiger partial charge is 0.302 e. The van der Waals surface area contributed by atoms with Crippen molar-refractivity contribution in [1.82, 2.24) is 0 Å². The van der Waals surface area contributed by atoms with E-state index in [9.17, 15) is 4.79 Å². The number of aliphatic imine (C=N–C) groups is 1. The first-order valence-corrected chi connectivity index (χ1v) is 13.6. The number of benzene rings is 1. The minimum absolute atomic E-state index is 0.0672. The highest BCUT2D eigenvalue weighted by molar-refractivity contribution is 8.03. The Hall–Kier alpha value is -1.52. The van der Waals surface area contributed by atoms with Gasteiger partial charge in [-0.05, 0) is 85.5 Å². The number of nitrogens with zero attached hydrogens (tertiary/aromatic N) is 1. The van der Waals surface area contributed by atoms with Gasteiger partial charge in [0, 0.05) is 39.8 Å². The van der Waals surface area contributed by atoms with E-state index in [1.807, 2.05) is 23.9 Å². The van der Waals surface area contributed by atoms with Crippen molar-refractivity contribution < 1.29 is 9.53 Å². The Morgan fingerprint density at radius 3 is 2.79 bits per heavy atom. The summed E-state index contributed by atoms with van der Waals surface area (Å²) in [5.74, 6) is 1.97. The zero-order valence-corrected chi connectivity index (χ0v) is 21.3. The molecule has 0 bridgehead atoms. The lowest BCUT2D eigenvalue weighted by molar-refractivity contribution is -0.148. The molecule has 6 atom stereocenters. The van der Waals surface area contributed by atoms with Gasteiger partial charge in [-0.2, -0.15) is 0 Å². The van der Waals surface area contributed by atoms with Crippen molar-refractivity contribution in [3.63, 3.8) is 0 Å². The molecule has 2 saturated carbocycles. The first kappa shape index (κ1) is 22.0. The first-order valence-electron chi connectivity index (χ1n) is 12.4. The standard InChI is InChI=1S/C28H32ClNO2S/c1-16(31)32-20-8-10-27(2)18(13-20)4-6-21-22(27)9-11-28(3)23(21)12-17-15-30-24-14-19(29)5-7-25(24)33-26(17)28/h4-5,7,14-15,20-23H,6,8-13H2,1-3H3/t20-,21+,22-,23-,27-,28-/m0/s1. The average Bonchev–Trinajstić information content (AvgIpc) is 2.92. The normalized spacial score (nSPS) is 38.8. The maximum atomic E-state index is 11.5. The summed E-state index contributed by atoms with van der Waals surface area (Å²) in [5, 5.41) is 0.750. The molecule has 6 rings (SSSR count). The molecule has 0 unspecified atom stereocenters.